The Morgan fingerprint density at radius 3 is 2.69 bits per heavy atom. The third-order valence-corrected chi connectivity index (χ3v) is 2.55. The van der Waals surface area contributed by atoms with Gasteiger partial charge in [-0.05, 0) is 31.0 Å². The van der Waals surface area contributed by atoms with E-state index in [1.54, 1.807) is 12.4 Å². The summed E-state index contributed by atoms with van der Waals surface area (Å²) >= 11 is 5.61. The lowest BCUT2D eigenvalue weighted by molar-refractivity contribution is 0.411. The largest absolute Gasteiger partial charge is 0.310 e. The average molecular weight is 198 g/mol. The van der Waals surface area contributed by atoms with Gasteiger partial charge in [-0.2, -0.15) is 0 Å². The molecule has 3 nitrogen and oxygen atoms in total. The van der Waals surface area contributed by atoms with E-state index in [9.17, 15) is 0 Å². The number of hydrogen-bond donors (Lipinski definition) is 1. The molecule has 1 unspecified atom stereocenters. The first-order valence-electron chi connectivity index (χ1n) is 4.57. The number of nitrogens with one attached hydrogen (secondary N) is 1. The molecule has 0 radical (unpaired) electrons. The topological polar surface area (TPSA) is 37.8 Å². The molecular formula is C9H12ClN3. The minimum Gasteiger partial charge on any atom is -0.310 e. The summed E-state index contributed by atoms with van der Waals surface area (Å²) in [6.45, 7) is 1.09. The third-order valence-electron chi connectivity index (χ3n) is 2.35. The van der Waals surface area contributed by atoms with Crippen LogP contribution in [0.15, 0.2) is 12.4 Å². The van der Waals surface area contributed by atoms with Crippen molar-refractivity contribution in [1.29, 1.82) is 0 Å². The predicted octanol–water partition coefficient (Wildman–Crippen LogP) is 1.94. The van der Waals surface area contributed by atoms with Crippen LogP contribution < -0.4 is 5.32 Å². The Kier molecular flexibility index (Phi) is 2.76. The van der Waals surface area contributed by atoms with Gasteiger partial charge in [0, 0.05) is 24.0 Å². The second-order valence-electron chi connectivity index (χ2n) is 3.29. The molecule has 1 aromatic heterocycles. The number of piperidine rings is 1. The van der Waals surface area contributed by atoms with Gasteiger partial charge in [-0.3, -0.25) is 0 Å². The zero-order valence-electron chi connectivity index (χ0n) is 7.33. The number of halogens is 1. The summed E-state index contributed by atoms with van der Waals surface area (Å²) in [7, 11) is 0. The van der Waals surface area contributed by atoms with Crippen molar-refractivity contribution < 1.29 is 0 Å². The molecule has 4 heteroatoms. The van der Waals surface area contributed by atoms with E-state index < -0.39 is 0 Å². The zero-order valence-corrected chi connectivity index (χ0v) is 8.09. The molecule has 1 atom stereocenters. The molecule has 1 N–H and O–H groups in total. The molecule has 13 heavy (non-hydrogen) atoms. The first-order chi connectivity index (χ1) is 6.36. The van der Waals surface area contributed by atoms with E-state index in [0.29, 0.717) is 11.3 Å². The van der Waals surface area contributed by atoms with E-state index in [1.807, 2.05) is 0 Å². The van der Waals surface area contributed by atoms with Gasteiger partial charge in [0.2, 0.25) is 5.28 Å². The zero-order chi connectivity index (χ0) is 9.10. The van der Waals surface area contributed by atoms with E-state index in [0.717, 1.165) is 12.1 Å². The van der Waals surface area contributed by atoms with Crippen LogP contribution in [0.4, 0.5) is 0 Å². The van der Waals surface area contributed by atoms with Crippen molar-refractivity contribution in [2.75, 3.05) is 6.54 Å². The minimum atomic E-state index is 0.319. The molecule has 0 amide bonds. The van der Waals surface area contributed by atoms with Gasteiger partial charge in [0.15, 0.2) is 0 Å². The number of hydrogen-bond acceptors (Lipinski definition) is 3. The van der Waals surface area contributed by atoms with Crippen molar-refractivity contribution in [1.82, 2.24) is 15.3 Å². The van der Waals surface area contributed by atoms with E-state index in [2.05, 4.69) is 15.3 Å². The predicted molar refractivity (Wildman–Crippen MR) is 51.6 cm³/mol. The number of aromatic nitrogens is 2. The normalized spacial score (nSPS) is 23.0. The van der Waals surface area contributed by atoms with Crippen molar-refractivity contribution in [3.8, 4) is 0 Å². The summed E-state index contributed by atoms with van der Waals surface area (Å²) in [5.74, 6) is 0. The highest BCUT2D eigenvalue weighted by Crippen LogP contribution is 2.21. The van der Waals surface area contributed by atoms with Crippen LogP contribution in [0, 0.1) is 0 Å². The summed E-state index contributed by atoms with van der Waals surface area (Å²) in [6, 6.07) is 0.422. The average Bonchev–Trinajstić information content (AvgIpc) is 2.20. The van der Waals surface area contributed by atoms with Crippen LogP contribution in [-0.2, 0) is 0 Å². The molecule has 2 rings (SSSR count). The van der Waals surface area contributed by atoms with Crippen molar-refractivity contribution in [2.24, 2.45) is 0 Å². The Balaban J connectivity index is 2.10. The van der Waals surface area contributed by atoms with Crippen molar-refractivity contribution in [3.05, 3.63) is 23.2 Å². The molecule has 70 valence electrons. The molecule has 0 aromatic carbocycles. The lowest BCUT2D eigenvalue weighted by atomic mass is 10.0. The standard InChI is InChI=1S/C9H12ClN3/c10-9-12-5-7(6-13-9)8-3-1-2-4-11-8/h5-6,8,11H,1-4H2. The van der Waals surface area contributed by atoms with Gasteiger partial charge in [0.1, 0.15) is 0 Å². The van der Waals surface area contributed by atoms with Gasteiger partial charge in [-0.1, -0.05) is 6.42 Å². The van der Waals surface area contributed by atoms with Crippen LogP contribution in [0.25, 0.3) is 0 Å². The van der Waals surface area contributed by atoms with Crippen LogP contribution in [0.2, 0.25) is 5.28 Å². The highest BCUT2D eigenvalue weighted by molar-refractivity contribution is 6.28. The van der Waals surface area contributed by atoms with Crippen molar-refractivity contribution >= 4 is 11.6 Å². The maximum atomic E-state index is 5.61. The highest BCUT2D eigenvalue weighted by Gasteiger charge is 2.14. The lowest BCUT2D eigenvalue weighted by Gasteiger charge is -2.22. The Hall–Kier alpha value is -0.670. The maximum absolute atomic E-state index is 5.61. The van der Waals surface area contributed by atoms with Crippen molar-refractivity contribution in [3.63, 3.8) is 0 Å². The molecule has 0 saturated carbocycles. The second-order valence-corrected chi connectivity index (χ2v) is 3.63. The van der Waals surface area contributed by atoms with Crippen LogP contribution in [0.1, 0.15) is 30.9 Å². The molecule has 0 aliphatic carbocycles. The van der Waals surface area contributed by atoms with Crippen molar-refractivity contribution in [2.45, 2.75) is 25.3 Å². The SMILES string of the molecule is Clc1ncc(C2CCCCN2)cn1. The summed E-state index contributed by atoms with van der Waals surface area (Å²) in [6.07, 6.45) is 7.33. The fraction of sp³-hybridized carbons (Fsp3) is 0.556. The first-order valence-corrected chi connectivity index (χ1v) is 4.95. The number of rotatable bonds is 1. The van der Waals surface area contributed by atoms with E-state index in [-0.39, 0.29) is 0 Å². The van der Waals surface area contributed by atoms with Crippen LogP contribution in [0.5, 0.6) is 0 Å². The van der Waals surface area contributed by atoms with Crippen LogP contribution in [-0.4, -0.2) is 16.5 Å². The Morgan fingerprint density at radius 2 is 2.08 bits per heavy atom. The van der Waals surface area contributed by atoms with Gasteiger partial charge in [0.25, 0.3) is 0 Å². The van der Waals surface area contributed by atoms with E-state index >= 15 is 0 Å². The van der Waals surface area contributed by atoms with E-state index in [1.165, 1.54) is 19.3 Å². The first kappa shape index (κ1) is 8.91. The van der Waals surface area contributed by atoms with Gasteiger partial charge in [-0.15, -0.1) is 0 Å². The van der Waals surface area contributed by atoms with E-state index in [4.69, 9.17) is 11.6 Å². The monoisotopic (exact) mass is 197 g/mol. The fourth-order valence-electron chi connectivity index (χ4n) is 1.64. The Morgan fingerprint density at radius 1 is 1.31 bits per heavy atom. The second kappa shape index (κ2) is 4.03. The molecule has 1 aliphatic rings. The molecule has 0 bridgehead atoms. The van der Waals surface area contributed by atoms with Crippen LogP contribution in [0.3, 0.4) is 0 Å². The van der Waals surface area contributed by atoms with Crippen LogP contribution >= 0.6 is 11.6 Å². The van der Waals surface area contributed by atoms with Gasteiger partial charge in [-0.25, -0.2) is 9.97 Å². The highest BCUT2D eigenvalue weighted by atomic mass is 35.5. The molecule has 2 heterocycles. The lowest BCUT2D eigenvalue weighted by Crippen LogP contribution is -2.26. The molecule has 1 aliphatic heterocycles. The number of nitrogens with zero attached hydrogens (tertiary/aromatic N) is 2. The fourth-order valence-corrected chi connectivity index (χ4v) is 1.74. The molecule has 1 aromatic rings. The third kappa shape index (κ3) is 2.17. The van der Waals surface area contributed by atoms with Gasteiger partial charge in [0.05, 0.1) is 0 Å². The smallest absolute Gasteiger partial charge is 0.222 e. The summed E-state index contributed by atoms with van der Waals surface area (Å²) in [5, 5.41) is 3.75. The van der Waals surface area contributed by atoms with Gasteiger partial charge < -0.3 is 5.32 Å². The molecule has 1 saturated heterocycles. The molecule has 0 spiro atoms. The summed E-state index contributed by atoms with van der Waals surface area (Å²) in [4.78, 5) is 7.94. The Bertz CT molecular complexity index is 267. The summed E-state index contributed by atoms with van der Waals surface area (Å²) < 4.78 is 0. The Labute approximate surface area is 82.5 Å². The van der Waals surface area contributed by atoms with Gasteiger partial charge >= 0.3 is 0 Å². The summed E-state index contributed by atoms with van der Waals surface area (Å²) in [5.41, 5.74) is 1.14. The quantitative estimate of drug-likeness (QED) is 0.700. The molecule has 1 fully saturated rings. The minimum absolute atomic E-state index is 0.319. The molecular weight excluding hydrogens is 186 g/mol. The maximum Gasteiger partial charge on any atom is 0.222 e.